The topological polar surface area (TPSA) is 72.5 Å². The second-order valence-electron chi connectivity index (χ2n) is 4.90. The number of hydrogen-bond donors (Lipinski definition) is 2. The average Bonchev–Trinajstić information content (AvgIpc) is 2.48. The van der Waals surface area contributed by atoms with Crippen molar-refractivity contribution in [3.05, 3.63) is 60.7 Å². The summed E-state index contributed by atoms with van der Waals surface area (Å²) in [6.07, 6.45) is -0.901. The molecule has 4 nitrogen and oxygen atoms in total. The zero-order chi connectivity index (χ0) is 15.9. The Morgan fingerprint density at radius 1 is 1.09 bits per heavy atom. The monoisotopic (exact) mass is 317 g/mol. The molecule has 3 atom stereocenters. The first kappa shape index (κ1) is 16.5. The van der Waals surface area contributed by atoms with Gasteiger partial charge >= 0.3 is 5.97 Å². The van der Waals surface area contributed by atoms with Crippen molar-refractivity contribution in [2.75, 3.05) is 0 Å². The molecule has 0 aliphatic rings. The highest BCUT2D eigenvalue weighted by Crippen LogP contribution is 2.27. The number of nitrogens with two attached hydrogens (primary N) is 1. The molecule has 5 heteroatoms. The molecule has 0 aromatic heterocycles. The van der Waals surface area contributed by atoms with Crippen LogP contribution in [0.4, 0.5) is 0 Å². The summed E-state index contributed by atoms with van der Waals surface area (Å²) in [5, 5.41) is 9.32. The third kappa shape index (κ3) is 4.59. The molecule has 0 spiro atoms. The molecule has 22 heavy (non-hydrogen) atoms. The molecule has 116 valence electrons. The van der Waals surface area contributed by atoms with E-state index in [9.17, 15) is 9.90 Å². The van der Waals surface area contributed by atoms with Gasteiger partial charge in [0, 0.05) is 4.90 Å². The summed E-state index contributed by atoms with van der Waals surface area (Å²) >= 11 is 1.34. The van der Waals surface area contributed by atoms with Gasteiger partial charge in [-0.3, -0.25) is 4.79 Å². The minimum absolute atomic E-state index is 0.440. The van der Waals surface area contributed by atoms with Crippen LogP contribution in [-0.2, 0) is 4.79 Å². The molecular weight excluding hydrogens is 298 g/mol. The van der Waals surface area contributed by atoms with Crippen molar-refractivity contribution in [3.63, 3.8) is 0 Å². The van der Waals surface area contributed by atoms with Crippen LogP contribution in [0.5, 0.6) is 5.75 Å². The highest BCUT2D eigenvalue weighted by Gasteiger charge is 2.32. The number of ether oxygens (including phenoxy) is 1. The zero-order valence-corrected chi connectivity index (χ0v) is 13.1. The van der Waals surface area contributed by atoms with E-state index < -0.39 is 23.4 Å². The SMILES string of the molecule is CC(O)C(C(=O)Oc1ccccc1)C(N)Sc1ccccc1. The van der Waals surface area contributed by atoms with E-state index in [0.29, 0.717) is 5.75 Å². The minimum atomic E-state index is -0.901. The maximum Gasteiger partial charge on any atom is 0.319 e. The van der Waals surface area contributed by atoms with Crippen molar-refractivity contribution < 1.29 is 14.6 Å². The second kappa shape index (κ2) is 7.98. The predicted octanol–water partition coefficient (Wildman–Crippen LogP) is 2.67. The summed E-state index contributed by atoms with van der Waals surface area (Å²) in [5.74, 6) is -0.905. The number of rotatable bonds is 6. The van der Waals surface area contributed by atoms with Crippen LogP contribution in [0.15, 0.2) is 65.6 Å². The first-order valence-corrected chi connectivity index (χ1v) is 7.88. The number of esters is 1. The molecule has 0 saturated carbocycles. The number of carbonyl (C=O) groups excluding carboxylic acids is 1. The van der Waals surface area contributed by atoms with E-state index in [1.165, 1.54) is 11.8 Å². The van der Waals surface area contributed by atoms with Gasteiger partial charge in [-0.25, -0.2) is 0 Å². The fourth-order valence-corrected chi connectivity index (χ4v) is 3.12. The minimum Gasteiger partial charge on any atom is -0.426 e. The number of aliphatic hydroxyl groups is 1. The number of benzene rings is 2. The fraction of sp³-hybridized carbons (Fsp3) is 0.235. The molecule has 2 aromatic rings. The molecule has 0 aliphatic carbocycles. The van der Waals surface area contributed by atoms with E-state index in [1.54, 1.807) is 31.2 Å². The van der Waals surface area contributed by atoms with Crippen LogP contribution in [0.2, 0.25) is 0 Å². The van der Waals surface area contributed by atoms with Crippen LogP contribution >= 0.6 is 11.8 Å². The number of thioether (sulfide) groups is 1. The first-order valence-electron chi connectivity index (χ1n) is 7.00. The third-order valence-corrected chi connectivity index (χ3v) is 4.23. The van der Waals surface area contributed by atoms with Crippen LogP contribution in [0.1, 0.15) is 6.92 Å². The highest BCUT2D eigenvalue weighted by atomic mass is 32.2. The molecule has 0 fully saturated rings. The molecule has 3 unspecified atom stereocenters. The van der Waals surface area contributed by atoms with Crippen molar-refractivity contribution in [3.8, 4) is 5.75 Å². The molecule has 3 N–H and O–H groups in total. The lowest BCUT2D eigenvalue weighted by atomic mass is 10.0. The Morgan fingerprint density at radius 2 is 1.64 bits per heavy atom. The van der Waals surface area contributed by atoms with Crippen molar-refractivity contribution in [1.82, 2.24) is 0 Å². The van der Waals surface area contributed by atoms with Gasteiger partial charge in [0.2, 0.25) is 0 Å². The number of hydrogen-bond acceptors (Lipinski definition) is 5. The highest BCUT2D eigenvalue weighted by molar-refractivity contribution is 8.00. The van der Waals surface area contributed by atoms with E-state index in [1.807, 2.05) is 36.4 Å². The molecular formula is C17H19NO3S. The number of carbonyl (C=O) groups is 1. The summed E-state index contributed by atoms with van der Waals surface area (Å²) in [4.78, 5) is 13.2. The van der Waals surface area contributed by atoms with Gasteiger partial charge in [0.05, 0.1) is 11.5 Å². The summed E-state index contributed by atoms with van der Waals surface area (Å²) in [5.41, 5.74) is 6.11. The normalized spacial score (nSPS) is 14.9. The molecule has 0 saturated heterocycles. The molecule has 0 aliphatic heterocycles. The maximum atomic E-state index is 12.3. The van der Waals surface area contributed by atoms with Gasteiger partial charge in [0.1, 0.15) is 11.7 Å². The summed E-state index contributed by atoms with van der Waals surface area (Å²) in [7, 11) is 0. The summed E-state index contributed by atoms with van der Waals surface area (Å²) < 4.78 is 5.30. The summed E-state index contributed by atoms with van der Waals surface area (Å²) in [6, 6.07) is 18.3. The molecule has 0 amide bonds. The quantitative estimate of drug-likeness (QED) is 0.371. The Morgan fingerprint density at radius 3 is 2.18 bits per heavy atom. The average molecular weight is 317 g/mol. The summed E-state index contributed by atoms with van der Waals surface area (Å²) in [6.45, 7) is 1.54. The Balaban J connectivity index is 2.07. The van der Waals surface area contributed by atoms with Gasteiger partial charge in [-0.15, -0.1) is 11.8 Å². The van der Waals surface area contributed by atoms with Crippen LogP contribution in [0.25, 0.3) is 0 Å². The van der Waals surface area contributed by atoms with E-state index >= 15 is 0 Å². The molecule has 2 aromatic carbocycles. The lowest BCUT2D eigenvalue weighted by Gasteiger charge is -2.24. The number of para-hydroxylation sites is 1. The Hall–Kier alpha value is -1.82. The van der Waals surface area contributed by atoms with Gasteiger partial charge in [-0.2, -0.15) is 0 Å². The van der Waals surface area contributed by atoms with Crippen molar-refractivity contribution in [2.45, 2.75) is 23.3 Å². The van der Waals surface area contributed by atoms with Crippen LogP contribution in [0, 0.1) is 5.92 Å². The molecule has 0 heterocycles. The largest absolute Gasteiger partial charge is 0.426 e. The Bertz CT molecular complexity index is 589. The van der Waals surface area contributed by atoms with E-state index in [-0.39, 0.29) is 0 Å². The Kier molecular flexibility index (Phi) is 6.00. The lowest BCUT2D eigenvalue weighted by molar-refractivity contribution is -0.142. The van der Waals surface area contributed by atoms with Crippen molar-refractivity contribution in [1.29, 1.82) is 0 Å². The van der Waals surface area contributed by atoms with Gasteiger partial charge in [-0.1, -0.05) is 36.4 Å². The molecule has 0 bridgehead atoms. The smallest absolute Gasteiger partial charge is 0.319 e. The first-order chi connectivity index (χ1) is 10.6. The van der Waals surface area contributed by atoms with E-state index in [4.69, 9.17) is 10.5 Å². The van der Waals surface area contributed by atoms with Gasteiger partial charge in [0.25, 0.3) is 0 Å². The molecule has 2 rings (SSSR count). The van der Waals surface area contributed by atoms with E-state index in [2.05, 4.69) is 0 Å². The zero-order valence-electron chi connectivity index (χ0n) is 12.3. The van der Waals surface area contributed by atoms with Crippen LogP contribution < -0.4 is 10.5 Å². The van der Waals surface area contributed by atoms with Gasteiger partial charge in [0.15, 0.2) is 0 Å². The van der Waals surface area contributed by atoms with Crippen LogP contribution in [-0.4, -0.2) is 22.6 Å². The molecule has 0 radical (unpaired) electrons. The second-order valence-corrected chi connectivity index (χ2v) is 6.15. The third-order valence-electron chi connectivity index (χ3n) is 3.12. The van der Waals surface area contributed by atoms with Crippen LogP contribution in [0.3, 0.4) is 0 Å². The van der Waals surface area contributed by atoms with Gasteiger partial charge in [-0.05, 0) is 31.2 Å². The van der Waals surface area contributed by atoms with Crippen molar-refractivity contribution in [2.24, 2.45) is 11.7 Å². The van der Waals surface area contributed by atoms with Gasteiger partial charge < -0.3 is 15.6 Å². The van der Waals surface area contributed by atoms with E-state index in [0.717, 1.165) is 4.90 Å². The fourth-order valence-electron chi connectivity index (χ4n) is 2.01. The van der Waals surface area contributed by atoms with Crippen molar-refractivity contribution >= 4 is 17.7 Å². The number of aliphatic hydroxyl groups excluding tert-OH is 1. The lowest BCUT2D eigenvalue weighted by Crippen LogP contribution is -2.42. The standard InChI is InChI=1S/C17H19NO3S/c1-12(19)15(16(18)22-14-10-6-3-7-11-14)17(20)21-13-8-4-2-5-9-13/h2-12,15-16,19H,18H2,1H3. The Labute approximate surface area is 134 Å². The predicted molar refractivity (Wildman–Crippen MR) is 87.5 cm³/mol. The maximum absolute atomic E-state index is 12.3.